The molecule has 2 heterocycles. The fraction of sp³-hybridized carbons (Fsp3) is 0.318. The van der Waals surface area contributed by atoms with E-state index in [0.717, 1.165) is 44.5 Å². The Kier molecular flexibility index (Phi) is 13.2. The first-order valence-electron chi connectivity index (χ1n) is 18.0. The standard InChI is InChI=1S/C44H46N4O6/c1-7-37-39(25-35-21-29(3)19-30(4)22-35)47(43(51)45-41(37)49)27-53-17-9-11-33-13-15-34(16-14-33)12-10-18-54-28-48-40(38(8-2)42(50)46-44(48)52)26-36-23-31(5)20-32(6)24-36/h13-16,19-24H,7-8,17-18,25-28H2,1-6H3,(H,45,49,51)(H,46,50,52). The maximum atomic E-state index is 12.8. The summed E-state index contributed by atoms with van der Waals surface area (Å²) in [6.45, 7) is 12.0. The molecular weight excluding hydrogens is 681 g/mol. The molecule has 0 unspecified atom stereocenters. The molecule has 0 radical (unpaired) electrons. The van der Waals surface area contributed by atoms with Gasteiger partial charge in [0, 0.05) is 46.5 Å². The fourth-order valence-corrected chi connectivity index (χ4v) is 6.74. The van der Waals surface area contributed by atoms with Crippen LogP contribution < -0.4 is 22.5 Å². The van der Waals surface area contributed by atoms with Crippen molar-refractivity contribution in [3.05, 3.63) is 169 Å². The van der Waals surface area contributed by atoms with Gasteiger partial charge in [0.1, 0.15) is 26.7 Å². The van der Waals surface area contributed by atoms with E-state index in [1.807, 2.05) is 65.8 Å². The first kappa shape index (κ1) is 39.3. The number of aryl methyl sites for hydroxylation is 4. The number of rotatable bonds is 12. The summed E-state index contributed by atoms with van der Waals surface area (Å²) in [5.41, 5.74) is 8.68. The molecule has 0 fully saturated rings. The highest BCUT2D eigenvalue weighted by Crippen LogP contribution is 2.17. The van der Waals surface area contributed by atoms with E-state index in [4.69, 9.17) is 9.47 Å². The van der Waals surface area contributed by atoms with Gasteiger partial charge in [0.05, 0.1) is 0 Å². The average Bonchev–Trinajstić information content (AvgIpc) is 3.10. The van der Waals surface area contributed by atoms with Gasteiger partial charge in [-0.05, 0) is 75.9 Å². The summed E-state index contributed by atoms with van der Waals surface area (Å²) in [4.78, 5) is 55.8. The number of nitrogens with one attached hydrogen (secondary N) is 2. The second kappa shape index (κ2) is 18.2. The molecule has 0 aliphatic carbocycles. The first-order valence-corrected chi connectivity index (χ1v) is 18.0. The normalized spacial score (nSPS) is 10.8. The second-order valence-electron chi connectivity index (χ2n) is 13.4. The molecule has 2 aromatic heterocycles. The van der Waals surface area contributed by atoms with Crippen LogP contribution in [0.15, 0.2) is 79.8 Å². The summed E-state index contributed by atoms with van der Waals surface area (Å²) in [6, 6.07) is 19.8. The Bertz CT molecular complexity index is 2300. The third kappa shape index (κ3) is 10.1. The lowest BCUT2D eigenvalue weighted by atomic mass is 10.0. The highest BCUT2D eigenvalue weighted by molar-refractivity contribution is 5.42. The SMILES string of the molecule is CCc1c(Cc2cc(C)cc(C)c2)n(COCC#Cc2ccc(C#CCOCn3c(Cc4cc(C)cc(C)c4)c(CC)c(=O)[nH]c3=O)cc2)c(=O)[nH]c1=O. The van der Waals surface area contributed by atoms with Crippen LogP contribution in [0.3, 0.4) is 0 Å². The van der Waals surface area contributed by atoms with Gasteiger partial charge in [0.15, 0.2) is 0 Å². The molecule has 0 saturated carbocycles. The molecule has 5 rings (SSSR count). The maximum Gasteiger partial charge on any atom is 0.330 e. The van der Waals surface area contributed by atoms with Crippen molar-refractivity contribution in [1.29, 1.82) is 0 Å². The molecule has 278 valence electrons. The van der Waals surface area contributed by atoms with Gasteiger partial charge in [-0.2, -0.15) is 0 Å². The summed E-state index contributed by atoms with van der Waals surface area (Å²) in [5, 5.41) is 0. The van der Waals surface area contributed by atoms with Gasteiger partial charge in [-0.3, -0.25) is 28.7 Å². The minimum Gasteiger partial charge on any atom is -0.348 e. The summed E-state index contributed by atoms with van der Waals surface area (Å²) < 4.78 is 14.5. The van der Waals surface area contributed by atoms with Crippen molar-refractivity contribution in [2.75, 3.05) is 13.2 Å². The van der Waals surface area contributed by atoms with Gasteiger partial charge in [0.25, 0.3) is 11.1 Å². The quantitative estimate of drug-likeness (QED) is 0.138. The molecule has 0 aliphatic rings. The molecular formula is C44H46N4O6. The zero-order valence-electron chi connectivity index (χ0n) is 31.8. The average molecular weight is 727 g/mol. The molecule has 0 bridgehead atoms. The Balaban J connectivity index is 1.18. The van der Waals surface area contributed by atoms with E-state index in [2.05, 4.69) is 70.0 Å². The van der Waals surface area contributed by atoms with Gasteiger partial charge < -0.3 is 9.47 Å². The van der Waals surface area contributed by atoms with E-state index in [1.165, 1.54) is 9.13 Å². The van der Waals surface area contributed by atoms with Crippen molar-refractivity contribution in [2.24, 2.45) is 0 Å². The number of nitrogens with zero attached hydrogens (tertiary/aromatic N) is 2. The van der Waals surface area contributed by atoms with Crippen molar-refractivity contribution in [1.82, 2.24) is 19.1 Å². The molecule has 2 N–H and O–H groups in total. The Morgan fingerprint density at radius 2 is 0.907 bits per heavy atom. The summed E-state index contributed by atoms with van der Waals surface area (Å²) in [5.74, 6) is 12.1. The van der Waals surface area contributed by atoms with Crippen molar-refractivity contribution in [3.63, 3.8) is 0 Å². The highest BCUT2D eigenvalue weighted by Gasteiger charge is 2.16. The number of aromatic nitrogens is 4. The van der Waals surface area contributed by atoms with Gasteiger partial charge in [-0.25, -0.2) is 9.59 Å². The van der Waals surface area contributed by atoms with Crippen LogP contribution in [-0.2, 0) is 48.6 Å². The molecule has 10 heteroatoms. The van der Waals surface area contributed by atoms with E-state index < -0.39 is 11.4 Å². The number of ether oxygens (including phenoxy) is 2. The van der Waals surface area contributed by atoms with Gasteiger partial charge >= 0.3 is 11.4 Å². The minimum absolute atomic E-state index is 0.0433. The van der Waals surface area contributed by atoms with Gasteiger partial charge in [-0.15, -0.1) is 0 Å². The van der Waals surface area contributed by atoms with Crippen molar-refractivity contribution in [2.45, 2.75) is 80.7 Å². The number of aromatic amines is 2. The molecule has 5 aromatic rings. The van der Waals surface area contributed by atoms with Crippen LogP contribution in [0, 0.1) is 51.4 Å². The van der Waals surface area contributed by atoms with Crippen LogP contribution in [0.5, 0.6) is 0 Å². The Morgan fingerprint density at radius 1 is 0.556 bits per heavy atom. The lowest BCUT2D eigenvalue weighted by molar-refractivity contribution is 0.0979. The molecule has 0 atom stereocenters. The van der Waals surface area contributed by atoms with E-state index in [9.17, 15) is 19.2 Å². The lowest BCUT2D eigenvalue weighted by Gasteiger charge is -2.16. The van der Waals surface area contributed by atoms with E-state index in [-0.39, 0.29) is 37.8 Å². The topological polar surface area (TPSA) is 128 Å². The highest BCUT2D eigenvalue weighted by atomic mass is 16.5. The first-order chi connectivity index (χ1) is 25.9. The zero-order chi connectivity index (χ0) is 38.8. The summed E-state index contributed by atoms with van der Waals surface area (Å²) >= 11 is 0. The summed E-state index contributed by atoms with van der Waals surface area (Å²) in [6.07, 6.45) is 1.84. The van der Waals surface area contributed by atoms with Gasteiger partial charge in [0.2, 0.25) is 0 Å². The van der Waals surface area contributed by atoms with Crippen LogP contribution >= 0.6 is 0 Å². The number of hydrogen-bond donors (Lipinski definition) is 2. The molecule has 0 amide bonds. The van der Waals surface area contributed by atoms with Crippen LogP contribution in [0.2, 0.25) is 0 Å². The van der Waals surface area contributed by atoms with Crippen molar-refractivity contribution in [3.8, 4) is 23.7 Å². The Hall–Kier alpha value is -5.94. The number of hydrogen-bond acceptors (Lipinski definition) is 6. The second-order valence-corrected chi connectivity index (χ2v) is 13.4. The third-order valence-corrected chi connectivity index (χ3v) is 8.98. The maximum absolute atomic E-state index is 12.8. The number of H-pyrrole nitrogens is 2. The lowest BCUT2D eigenvalue weighted by Crippen LogP contribution is -2.36. The van der Waals surface area contributed by atoms with E-state index in [0.29, 0.717) is 48.2 Å². The molecule has 0 saturated heterocycles. The predicted molar refractivity (Wildman–Crippen MR) is 211 cm³/mol. The fourth-order valence-electron chi connectivity index (χ4n) is 6.74. The van der Waals surface area contributed by atoms with Crippen LogP contribution in [0.4, 0.5) is 0 Å². The molecule has 0 aliphatic heterocycles. The Morgan fingerprint density at radius 3 is 1.24 bits per heavy atom. The monoisotopic (exact) mass is 726 g/mol. The predicted octanol–water partition coefficient (Wildman–Crippen LogP) is 4.98. The van der Waals surface area contributed by atoms with Gasteiger partial charge in [-0.1, -0.05) is 96.2 Å². The zero-order valence-corrected chi connectivity index (χ0v) is 31.8. The Labute approximate surface area is 314 Å². The largest absolute Gasteiger partial charge is 0.348 e. The molecule has 3 aromatic carbocycles. The van der Waals surface area contributed by atoms with Crippen molar-refractivity contribution < 1.29 is 9.47 Å². The van der Waals surface area contributed by atoms with Crippen LogP contribution in [0.1, 0.15) is 80.9 Å². The smallest absolute Gasteiger partial charge is 0.330 e. The molecule has 10 nitrogen and oxygen atoms in total. The van der Waals surface area contributed by atoms with Crippen molar-refractivity contribution >= 4 is 0 Å². The third-order valence-electron chi connectivity index (χ3n) is 8.98. The molecule has 0 spiro atoms. The summed E-state index contributed by atoms with van der Waals surface area (Å²) in [7, 11) is 0. The molecule has 54 heavy (non-hydrogen) atoms. The van der Waals surface area contributed by atoms with Crippen LogP contribution in [0.25, 0.3) is 0 Å². The van der Waals surface area contributed by atoms with E-state index in [1.54, 1.807) is 0 Å². The van der Waals surface area contributed by atoms with E-state index >= 15 is 0 Å². The van der Waals surface area contributed by atoms with Crippen LogP contribution in [-0.4, -0.2) is 32.3 Å². The minimum atomic E-state index is -0.513. The number of benzene rings is 3.